The topological polar surface area (TPSA) is 26.3 Å². The molecule has 2 unspecified atom stereocenters. The average Bonchev–Trinajstić information content (AvgIpc) is 2.12. The van der Waals surface area contributed by atoms with E-state index in [9.17, 15) is 18.0 Å². The zero-order valence-corrected chi connectivity index (χ0v) is 11.0. The number of carbonyl (C=O) groups is 1. The number of halogens is 3. The third kappa shape index (κ3) is 5.41. The third-order valence-corrected chi connectivity index (χ3v) is 2.60. The Labute approximate surface area is 101 Å². The summed E-state index contributed by atoms with van der Waals surface area (Å²) < 4.78 is 42.7. The average molecular weight is 254 g/mol. The van der Waals surface area contributed by atoms with E-state index >= 15 is 0 Å². The van der Waals surface area contributed by atoms with Crippen molar-refractivity contribution in [2.45, 2.75) is 40.8 Å². The molecule has 0 aliphatic heterocycles. The van der Waals surface area contributed by atoms with Gasteiger partial charge in [-0.05, 0) is 11.8 Å². The second kappa shape index (κ2) is 6.26. The third-order valence-electron chi connectivity index (χ3n) is 2.60. The lowest BCUT2D eigenvalue weighted by atomic mass is 9.84. The molecule has 0 heterocycles. The molecule has 0 bridgehead atoms. The first-order chi connectivity index (χ1) is 7.57. The van der Waals surface area contributed by atoms with Crippen LogP contribution >= 0.6 is 0 Å². The maximum atomic E-state index is 12.6. The predicted molar refractivity (Wildman–Crippen MR) is 59.3 cm³/mol. The number of carbonyl (C=O) groups excluding carboxylic acids is 1. The molecular formula is C12H21F3O2. The van der Waals surface area contributed by atoms with E-state index in [1.165, 1.54) is 0 Å². The minimum absolute atomic E-state index is 0.118. The summed E-state index contributed by atoms with van der Waals surface area (Å²) in [4.78, 5) is 11.7. The molecule has 0 aromatic carbocycles. The van der Waals surface area contributed by atoms with Crippen molar-refractivity contribution in [1.82, 2.24) is 0 Å². The van der Waals surface area contributed by atoms with Gasteiger partial charge in [0.2, 0.25) is 0 Å². The largest absolute Gasteiger partial charge is 0.465 e. The highest BCUT2D eigenvalue weighted by Crippen LogP contribution is 2.36. The molecule has 102 valence electrons. The fourth-order valence-electron chi connectivity index (χ4n) is 1.60. The minimum atomic E-state index is -4.37. The summed E-state index contributed by atoms with van der Waals surface area (Å²) in [6.45, 7) is 8.07. The number of rotatable bonds is 5. The van der Waals surface area contributed by atoms with Crippen LogP contribution in [0.2, 0.25) is 0 Å². The van der Waals surface area contributed by atoms with E-state index in [0.29, 0.717) is 0 Å². The summed E-state index contributed by atoms with van der Waals surface area (Å²) >= 11 is 0. The van der Waals surface area contributed by atoms with Crippen LogP contribution in [0.5, 0.6) is 0 Å². The second-order valence-electron chi connectivity index (χ2n) is 5.12. The van der Waals surface area contributed by atoms with E-state index in [0.717, 1.165) is 6.92 Å². The lowest BCUT2D eigenvalue weighted by Crippen LogP contribution is -2.37. The van der Waals surface area contributed by atoms with E-state index in [2.05, 4.69) is 0 Å². The smallest absolute Gasteiger partial charge is 0.392 e. The van der Waals surface area contributed by atoms with Gasteiger partial charge in [0.15, 0.2) is 0 Å². The number of esters is 1. The van der Waals surface area contributed by atoms with Gasteiger partial charge in [0.05, 0.1) is 18.4 Å². The van der Waals surface area contributed by atoms with Gasteiger partial charge in [0, 0.05) is 0 Å². The van der Waals surface area contributed by atoms with Crippen molar-refractivity contribution in [2.24, 2.45) is 23.7 Å². The van der Waals surface area contributed by atoms with Crippen LogP contribution in [0.1, 0.15) is 34.6 Å². The van der Waals surface area contributed by atoms with Crippen LogP contribution in [0.3, 0.4) is 0 Å². The summed E-state index contributed by atoms with van der Waals surface area (Å²) in [5.41, 5.74) is 0. The predicted octanol–water partition coefficient (Wildman–Crippen LogP) is 3.66. The summed E-state index contributed by atoms with van der Waals surface area (Å²) in [6, 6.07) is 0. The molecule has 0 aliphatic rings. The Kier molecular flexibility index (Phi) is 5.99. The Morgan fingerprint density at radius 2 is 1.59 bits per heavy atom. The van der Waals surface area contributed by atoms with E-state index in [-0.39, 0.29) is 12.5 Å². The van der Waals surface area contributed by atoms with Crippen LogP contribution in [0.15, 0.2) is 0 Å². The first-order valence-electron chi connectivity index (χ1n) is 5.80. The van der Waals surface area contributed by atoms with E-state index in [1.54, 1.807) is 13.8 Å². The highest BCUT2D eigenvalue weighted by atomic mass is 19.4. The van der Waals surface area contributed by atoms with Crippen molar-refractivity contribution in [1.29, 1.82) is 0 Å². The van der Waals surface area contributed by atoms with Crippen molar-refractivity contribution >= 4 is 5.97 Å². The standard InChI is InChI=1S/C12H21F3O2/c1-7(2)6-17-11(16)10(8(3)4)9(5)12(13,14)15/h7-10H,6H2,1-5H3. The quantitative estimate of drug-likeness (QED) is 0.700. The molecule has 0 N–H and O–H groups in total. The zero-order chi connectivity index (χ0) is 13.8. The fourth-order valence-corrected chi connectivity index (χ4v) is 1.60. The van der Waals surface area contributed by atoms with E-state index < -0.39 is 29.9 Å². The van der Waals surface area contributed by atoms with Gasteiger partial charge in [-0.25, -0.2) is 0 Å². The first-order valence-corrected chi connectivity index (χ1v) is 5.80. The number of alkyl halides is 3. The van der Waals surface area contributed by atoms with E-state index in [1.807, 2.05) is 13.8 Å². The lowest BCUT2D eigenvalue weighted by molar-refractivity contribution is -0.198. The maximum absolute atomic E-state index is 12.6. The molecular weight excluding hydrogens is 233 g/mol. The zero-order valence-electron chi connectivity index (χ0n) is 11.0. The van der Waals surface area contributed by atoms with Crippen LogP contribution in [0.25, 0.3) is 0 Å². The van der Waals surface area contributed by atoms with Gasteiger partial charge < -0.3 is 4.74 Å². The summed E-state index contributed by atoms with van der Waals surface area (Å²) in [5.74, 6) is -3.84. The molecule has 2 nitrogen and oxygen atoms in total. The van der Waals surface area contributed by atoms with Crippen LogP contribution in [0.4, 0.5) is 13.2 Å². The Balaban J connectivity index is 4.69. The first kappa shape index (κ1) is 16.3. The van der Waals surface area contributed by atoms with Crippen molar-refractivity contribution in [2.75, 3.05) is 6.61 Å². The fraction of sp³-hybridized carbons (Fsp3) is 0.917. The Hall–Kier alpha value is -0.740. The molecule has 2 atom stereocenters. The van der Waals surface area contributed by atoms with Gasteiger partial charge in [0.1, 0.15) is 0 Å². The normalized spacial score (nSPS) is 16.1. The molecule has 0 aromatic rings. The highest BCUT2D eigenvalue weighted by molar-refractivity contribution is 5.73. The van der Waals surface area contributed by atoms with E-state index in [4.69, 9.17) is 4.74 Å². The molecule has 17 heavy (non-hydrogen) atoms. The van der Waals surface area contributed by atoms with Gasteiger partial charge in [-0.2, -0.15) is 13.2 Å². The Morgan fingerprint density at radius 3 is 1.88 bits per heavy atom. The lowest BCUT2D eigenvalue weighted by Gasteiger charge is -2.27. The molecule has 0 aromatic heterocycles. The van der Waals surface area contributed by atoms with Crippen LogP contribution < -0.4 is 0 Å². The van der Waals surface area contributed by atoms with Gasteiger partial charge in [-0.3, -0.25) is 4.79 Å². The van der Waals surface area contributed by atoms with Crippen LogP contribution in [-0.2, 0) is 9.53 Å². The van der Waals surface area contributed by atoms with Crippen molar-refractivity contribution < 1.29 is 22.7 Å². The summed E-state index contributed by atoms with van der Waals surface area (Å²) in [5, 5.41) is 0. The monoisotopic (exact) mass is 254 g/mol. The van der Waals surface area contributed by atoms with Crippen molar-refractivity contribution in [3.8, 4) is 0 Å². The molecule has 0 saturated heterocycles. The molecule has 0 amide bonds. The second-order valence-corrected chi connectivity index (χ2v) is 5.12. The number of hydrogen-bond acceptors (Lipinski definition) is 2. The maximum Gasteiger partial charge on any atom is 0.392 e. The van der Waals surface area contributed by atoms with Gasteiger partial charge in [0.25, 0.3) is 0 Å². The SMILES string of the molecule is CC(C)COC(=O)C(C(C)C)C(C)C(F)(F)F. The van der Waals surface area contributed by atoms with Crippen molar-refractivity contribution in [3.05, 3.63) is 0 Å². The van der Waals surface area contributed by atoms with Crippen LogP contribution in [0, 0.1) is 23.7 Å². The molecule has 0 spiro atoms. The molecule has 5 heteroatoms. The van der Waals surface area contributed by atoms with Crippen LogP contribution in [-0.4, -0.2) is 18.8 Å². The van der Waals surface area contributed by atoms with Crippen molar-refractivity contribution in [3.63, 3.8) is 0 Å². The summed E-state index contributed by atoms with van der Waals surface area (Å²) in [6.07, 6.45) is -4.37. The highest BCUT2D eigenvalue weighted by Gasteiger charge is 2.46. The number of hydrogen-bond donors (Lipinski definition) is 0. The van der Waals surface area contributed by atoms with Gasteiger partial charge >= 0.3 is 12.1 Å². The summed E-state index contributed by atoms with van der Waals surface area (Å²) in [7, 11) is 0. The Morgan fingerprint density at radius 1 is 1.12 bits per heavy atom. The molecule has 0 fully saturated rings. The van der Waals surface area contributed by atoms with Gasteiger partial charge in [-0.1, -0.05) is 34.6 Å². The Bertz CT molecular complexity index is 247. The molecule has 0 radical (unpaired) electrons. The molecule has 0 aliphatic carbocycles. The minimum Gasteiger partial charge on any atom is -0.465 e. The molecule has 0 rings (SSSR count). The van der Waals surface area contributed by atoms with Gasteiger partial charge in [-0.15, -0.1) is 0 Å². The number of ether oxygens (including phenoxy) is 1. The molecule has 0 saturated carbocycles.